The highest BCUT2D eigenvalue weighted by Crippen LogP contribution is 2.31. The molecule has 2 aliphatic rings. The Morgan fingerprint density at radius 1 is 0.857 bits per heavy atom. The van der Waals surface area contributed by atoms with Crippen LogP contribution in [0.2, 0.25) is 0 Å². The standard InChI is InChI=1S/C28H30/c1-3-23(4-2)25-12-9-21(10-13-25)19-22-11-14-28(20-22)27-17-15-26(16-18-27)24-7-5-6-8-24/h5-10,12-18,20,23-24H,3-4,11,19H2,1-2H3. The maximum Gasteiger partial charge on any atom is 0.0204 e. The second kappa shape index (κ2) is 8.61. The van der Waals surface area contributed by atoms with Gasteiger partial charge in [-0.2, -0.15) is 0 Å². The van der Waals surface area contributed by atoms with Crippen LogP contribution in [-0.4, -0.2) is 0 Å². The van der Waals surface area contributed by atoms with Gasteiger partial charge in [0.15, 0.2) is 0 Å². The van der Waals surface area contributed by atoms with Crippen molar-refractivity contribution in [2.45, 2.75) is 51.4 Å². The average Bonchev–Trinajstić information content (AvgIpc) is 3.43. The minimum Gasteiger partial charge on any atom is -0.0732 e. The van der Waals surface area contributed by atoms with Gasteiger partial charge < -0.3 is 0 Å². The lowest BCUT2D eigenvalue weighted by molar-refractivity contribution is 0.641. The van der Waals surface area contributed by atoms with Gasteiger partial charge in [0.25, 0.3) is 0 Å². The van der Waals surface area contributed by atoms with E-state index in [1.807, 2.05) is 0 Å². The van der Waals surface area contributed by atoms with Crippen LogP contribution in [0.3, 0.4) is 0 Å². The van der Waals surface area contributed by atoms with E-state index in [0.29, 0.717) is 11.8 Å². The molecule has 142 valence electrons. The Morgan fingerprint density at radius 2 is 1.54 bits per heavy atom. The molecular weight excluding hydrogens is 336 g/mol. The molecule has 0 atom stereocenters. The van der Waals surface area contributed by atoms with Crippen molar-refractivity contribution in [3.63, 3.8) is 0 Å². The number of allylic oxidation sites excluding steroid dienone is 8. The molecule has 0 N–H and O–H groups in total. The summed E-state index contributed by atoms with van der Waals surface area (Å²) in [5.74, 6) is 1.15. The molecule has 0 bridgehead atoms. The predicted molar refractivity (Wildman–Crippen MR) is 122 cm³/mol. The highest BCUT2D eigenvalue weighted by Gasteiger charge is 2.12. The second-order valence-electron chi connectivity index (χ2n) is 8.02. The van der Waals surface area contributed by atoms with Gasteiger partial charge in [-0.15, -0.1) is 0 Å². The molecule has 0 heterocycles. The molecule has 0 amide bonds. The van der Waals surface area contributed by atoms with E-state index < -0.39 is 0 Å². The molecular formula is C28H30. The summed E-state index contributed by atoms with van der Waals surface area (Å²) in [6.45, 7) is 4.57. The van der Waals surface area contributed by atoms with E-state index in [9.17, 15) is 0 Å². The Kier molecular flexibility index (Phi) is 5.76. The lowest BCUT2D eigenvalue weighted by Crippen LogP contribution is -1.96. The Bertz CT molecular complexity index is 901. The summed E-state index contributed by atoms with van der Waals surface area (Å²) in [5, 5.41) is 0. The fraction of sp³-hybridized carbons (Fsp3) is 0.286. The predicted octanol–water partition coefficient (Wildman–Crippen LogP) is 7.76. The first kappa shape index (κ1) is 18.7. The molecule has 0 spiro atoms. The van der Waals surface area contributed by atoms with Gasteiger partial charge in [0.1, 0.15) is 0 Å². The van der Waals surface area contributed by atoms with Gasteiger partial charge in [-0.25, -0.2) is 0 Å². The third-order valence-electron chi connectivity index (χ3n) is 6.19. The van der Waals surface area contributed by atoms with E-state index in [4.69, 9.17) is 0 Å². The SMILES string of the molecule is CCC(CC)c1ccc(CC2=CC(c3ccc(C4C=CC=C4)cc3)=CC2)cc1. The lowest BCUT2D eigenvalue weighted by Gasteiger charge is -2.13. The van der Waals surface area contributed by atoms with Crippen LogP contribution in [0.25, 0.3) is 5.57 Å². The van der Waals surface area contributed by atoms with Gasteiger partial charge in [0.05, 0.1) is 0 Å². The van der Waals surface area contributed by atoms with Crippen molar-refractivity contribution in [2.75, 3.05) is 0 Å². The second-order valence-corrected chi connectivity index (χ2v) is 8.02. The molecule has 0 saturated carbocycles. The topological polar surface area (TPSA) is 0 Å². The zero-order valence-electron chi connectivity index (χ0n) is 17.1. The summed E-state index contributed by atoms with van der Waals surface area (Å²) >= 11 is 0. The fourth-order valence-corrected chi connectivity index (χ4v) is 4.38. The van der Waals surface area contributed by atoms with Crippen LogP contribution in [0.5, 0.6) is 0 Å². The Labute approximate surface area is 170 Å². The first-order chi connectivity index (χ1) is 13.8. The third-order valence-corrected chi connectivity index (χ3v) is 6.19. The van der Waals surface area contributed by atoms with Gasteiger partial charge in [-0.3, -0.25) is 0 Å². The Morgan fingerprint density at radius 3 is 2.18 bits per heavy atom. The molecule has 0 fully saturated rings. The Hall–Kier alpha value is -2.60. The molecule has 0 saturated heterocycles. The summed E-state index contributed by atoms with van der Waals surface area (Å²) in [6, 6.07) is 18.4. The van der Waals surface area contributed by atoms with Crippen molar-refractivity contribution in [3.8, 4) is 0 Å². The maximum atomic E-state index is 2.39. The number of benzene rings is 2. The summed E-state index contributed by atoms with van der Waals surface area (Å²) in [5.41, 5.74) is 8.48. The zero-order chi connectivity index (χ0) is 19.3. The summed E-state index contributed by atoms with van der Waals surface area (Å²) in [6.07, 6.45) is 18.1. The fourth-order valence-electron chi connectivity index (χ4n) is 4.38. The number of hydrogen-bond acceptors (Lipinski definition) is 0. The quantitative estimate of drug-likeness (QED) is 0.470. The molecule has 4 rings (SSSR count). The van der Waals surface area contributed by atoms with E-state index in [0.717, 1.165) is 12.8 Å². The van der Waals surface area contributed by atoms with Gasteiger partial charge in [0.2, 0.25) is 0 Å². The molecule has 0 radical (unpaired) electrons. The average molecular weight is 367 g/mol. The van der Waals surface area contributed by atoms with Gasteiger partial charge >= 0.3 is 0 Å². The monoisotopic (exact) mass is 366 g/mol. The molecule has 0 heteroatoms. The van der Waals surface area contributed by atoms with Crippen molar-refractivity contribution >= 4 is 5.57 Å². The molecule has 0 nitrogen and oxygen atoms in total. The highest BCUT2D eigenvalue weighted by molar-refractivity contribution is 5.77. The van der Waals surface area contributed by atoms with Gasteiger partial charge in [-0.05, 0) is 59.4 Å². The summed E-state index contributed by atoms with van der Waals surface area (Å²) in [7, 11) is 0. The van der Waals surface area contributed by atoms with Crippen LogP contribution in [0.15, 0.2) is 90.6 Å². The molecule has 2 aromatic rings. The van der Waals surface area contributed by atoms with Crippen LogP contribution in [0.4, 0.5) is 0 Å². The molecule has 0 aliphatic heterocycles. The van der Waals surface area contributed by atoms with Crippen molar-refractivity contribution in [3.05, 3.63) is 113 Å². The lowest BCUT2D eigenvalue weighted by atomic mass is 9.92. The van der Waals surface area contributed by atoms with Crippen LogP contribution < -0.4 is 0 Å². The first-order valence-electron chi connectivity index (χ1n) is 10.7. The van der Waals surface area contributed by atoms with E-state index in [-0.39, 0.29) is 0 Å². The smallest absolute Gasteiger partial charge is 0.0204 e. The minimum absolute atomic E-state index is 0.445. The molecule has 0 aromatic heterocycles. The van der Waals surface area contributed by atoms with E-state index in [2.05, 4.69) is 98.8 Å². The van der Waals surface area contributed by atoms with Gasteiger partial charge in [-0.1, -0.05) is 104 Å². The summed E-state index contributed by atoms with van der Waals surface area (Å²) < 4.78 is 0. The number of rotatable bonds is 7. The summed E-state index contributed by atoms with van der Waals surface area (Å²) in [4.78, 5) is 0. The van der Waals surface area contributed by atoms with Crippen molar-refractivity contribution in [2.24, 2.45) is 0 Å². The van der Waals surface area contributed by atoms with E-state index in [1.54, 1.807) is 0 Å². The molecule has 0 unspecified atom stereocenters. The van der Waals surface area contributed by atoms with Crippen molar-refractivity contribution in [1.82, 2.24) is 0 Å². The van der Waals surface area contributed by atoms with Crippen LogP contribution in [0, 0.1) is 0 Å². The minimum atomic E-state index is 0.445. The maximum absolute atomic E-state index is 2.39. The van der Waals surface area contributed by atoms with Crippen LogP contribution in [-0.2, 0) is 6.42 Å². The zero-order valence-corrected chi connectivity index (χ0v) is 17.1. The van der Waals surface area contributed by atoms with E-state index in [1.165, 1.54) is 46.2 Å². The number of hydrogen-bond donors (Lipinski definition) is 0. The first-order valence-corrected chi connectivity index (χ1v) is 10.7. The largest absolute Gasteiger partial charge is 0.0732 e. The van der Waals surface area contributed by atoms with Crippen molar-refractivity contribution < 1.29 is 0 Å². The van der Waals surface area contributed by atoms with Crippen LogP contribution in [0.1, 0.15) is 67.2 Å². The van der Waals surface area contributed by atoms with E-state index >= 15 is 0 Å². The molecule has 2 aliphatic carbocycles. The normalized spacial score (nSPS) is 16.1. The Balaban J connectivity index is 1.41. The molecule has 2 aromatic carbocycles. The molecule has 28 heavy (non-hydrogen) atoms. The third kappa shape index (κ3) is 4.12. The van der Waals surface area contributed by atoms with Gasteiger partial charge in [0, 0.05) is 5.92 Å². The van der Waals surface area contributed by atoms with Crippen molar-refractivity contribution in [1.29, 1.82) is 0 Å². The highest BCUT2D eigenvalue weighted by atomic mass is 14.2. The van der Waals surface area contributed by atoms with Crippen LogP contribution >= 0.6 is 0 Å².